The molecule has 0 unspecified atom stereocenters. The lowest BCUT2D eigenvalue weighted by atomic mass is 9.85. The van der Waals surface area contributed by atoms with E-state index >= 15 is 0 Å². The number of alkyl carbamates (subject to hydrolysis) is 1. The number of fused-ring (bicyclic) bond motifs is 1. The Morgan fingerprint density at radius 3 is 2.40 bits per heavy atom. The molecule has 35 heavy (non-hydrogen) atoms. The van der Waals surface area contributed by atoms with Gasteiger partial charge in [0.25, 0.3) is 5.91 Å². The molecule has 5 N–H and O–H groups in total. The Hall–Kier alpha value is -3.50. The van der Waals surface area contributed by atoms with Crippen molar-refractivity contribution in [2.75, 3.05) is 0 Å². The van der Waals surface area contributed by atoms with Gasteiger partial charge in [0.15, 0.2) is 0 Å². The van der Waals surface area contributed by atoms with Crippen molar-refractivity contribution in [3.63, 3.8) is 0 Å². The Morgan fingerprint density at radius 2 is 1.74 bits per heavy atom. The van der Waals surface area contributed by atoms with Crippen molar-refractivity contribution in [2.24, 2.45) is 0 Å². The summed E-state index contributed by atoms with van der Waals surface area (Å²) >= 11 is 0. The third-order valence-electron chi connectivity index (χ3n) is 5.71. The Morgan fingerprint density at radius 1 is 1.09 bits per heavy atom. The van der Waals surface area contributed by atoms with E-state index < -0.39 is 59.9 Å². The van der Waals surface area contributed by atoms with Gasteiger partial charge in [-0.2, -0.15) is 0 Å². The number of amides is 3. The summed E-state index contributed by atoms with van der Waals surface area (Å²) in [6.45, 7) is 4.84. The first-order valence-electron chi connectivity index (χ1n) is 11.2. The third-order valence-corrected chi connectivity index (χ3v) is 5.71. The summed E-state index contributed by atoms with van der Waals surface area (Å²) in [6.07, 6.45) is -2.70. The second-order valence-electron chi connectivity index (χ2n) is 9.61. The third kappa shape index (κ3) is 6.34. The van der Waals surface area contributed by atoms with Gasteiger partial charge >= 0.3 is 6.09 Å². The molecule has 0 aliphatic heterocycles. The quantitative estimate of drug-likeness (QED) is 0.300. The zero-order chi connectivity index (χ0) is 25.8. The Bertz CT molecular complexity index is 1100. The number of benzene rings is 2. The van der Waals surface area contributed by atoms with Gasteiger partial charge < -0.3 is 20.5 Å². The number of halogens is 1. The van der Waals surface area contributed by atoms with Gasteiger partial charge in [-0.05, 0) is 43.5 Å². The van der Waals surface area contributed by atoms with Crippen LogP contribution in [0.1, 0.15) is 49.9 Å². The molecule has 0 fully saturated rings. The van der Waals surface area contributed by atoms with Crippen molar-refractivity contribution < 1.29 is 33.8 Å². The molecule has 0 radical (unpaired) electrons. The molecule has 10 heteroatoms. The molecule has 3 amide bonds. The molecule has 9 nitrogen and oxygen atoms in total. The van der Waals surface area contributed by atoms with Gasteiger partial charge in [0.2, 0.25) is 5.91 Å². The molecule has 2 aromatic rings. The largest absolute Gasteiger partial charge is 0.444 e. The number of hydrogen-bond acceptors (Lipinski definition) is 6. The number of hydroxylamine groups is 1. The highest BCUT2D eigenvalue weighted by Crippen LogP contribution is 2.32. The summed E-state index contributed by atoms with van der Waals surface area (Å²) in [6, 6.07) is 12.1. The molecule has 3 rings (SSSR count). The molecule has 1 aliphatic rings. The standard InChI is InChI=1S/C25H30FN3O6/c1-24(2,3)35-23(33)28-25(22(32)29-34,13-16-9-5-7-11-18(16)26)14-20(31)27-21-17-10-6-4-8-15(17)12-19(21)30/h4-11,19,21,30,34H,12-14H2,1-3H3,(H,27,31)(H,28,33)(H,29,32)/t19-,21+,25+/m1/s1. The van der Waals surface area contributed by atoms with E-state index in [1.807, 2.05) is 12.1 Å². The fourth-order valence-electron chi connectivity index (χ4n) is 4.19. The Balaban J connectivity index is 1.92. The van der Waals surface area contributed by atoms with Crippen LogP contribution in [0.2, 0.25) is 0 Å². The van der Waals surface area contributed by atoms with Crippen LogP contribution in [0.5, 0.6) is 0 Å². The van der Waals surface area contributed by atoms with Gasteiger partial charge in [-0.25, -0.2) is 14.7 Å². The zero-order valence-electron chi connectivity index (χ0n) is 19.8. The maximum Gasteiger partial charge on any atom is 0.408 e. The fraction of sp³-hybridized carbons (Fsp3) is 0.400. The van der Waals surface area contributed by atoms with Crippen molar-refractivity contribution in [3.05, 3.63) is 71.0 Å². The summed E-state index contributed by atoms with van der Waals surface area (Å²) in [5.74, 6) is -2.50. The van der Waals surface area contributed by atoms with E-state index in [0.29, 0.717) is 6.42 Å². The van der Waals surface area contributed by atoms with Gasteiger partial charge in [0.1, 0.15) is 17.0 Å². The first kappa shape index (κ1) is 26.1. The molecule has 1 aliphatic carbocycles. The molecule has 3 atom stereocenters. The number of aliphatic hydroxyl groups is 1. The van der Waals surface area contributed by atoms with E-state index in [-0.39, 0.29) is 5.56 Å². The van der Waals surface area contributed by atoms with Gasteiger partial charge in [-0.15, -0.1) is 0 Å². The monoisotopic (exact) mass is 487 g/mol. The highest BCUT2D eigenvalue weighted by molar-refractivity contribution is 5.94. The average molecular weight is 488 g/mol. The van der Waals surface area contributed by atoms with Crippen molar-refractivity contribution >= 4 is 17.9 Å². The number of rotatable bonds is 7. The molecule has 188 valence electrons. The van der Waals surface area contributed by atoms with Crippen molar-refractivity contribution in [2.45, 2.75) is 63.3 Å². The Labute approximate surface area is 202 Å². The molecule has 0 aromatic heterocycles. The number of nitrogens with one attached hydrogen (secondary N) is 3. The van der Waals surface area contributed by atoms with E-state index in [1.165, 1.54) is 23.7 Å². The molecule has 0 heterocycles. The minimum absolute atomic E-state index is 0.0335. The lowest BCUT2D eigenvalue weighted by Crippen LogP contribution is -2.62. The van der Waals surface area contributed by atoms with E-state index in [1.54, 1.807) is 39.0 Å². The highest BCUT2D eigenvalue weighted by Gasteiger charge is 2.45. The number of ether oxygens (including phenoxy) is 1. The maximum absolute atomic E-state index is 14.5. The summed E-state index contributed by atoms with van der Waals surface area (Å²) in [4.78, 5) is 38.7. The minimum Gasteiger partial charge on any atom is -0.444 e. The lowest BCUT2D eigenvalue weighted by Gasteiger charge is -2.33. The summed E-state index contributed by atoms with van der Waals surface area (Å²) in [7, 11) is 0. The average Bonchev–Trinajstić information content (AvgIpc) is 3.08. The van der Waals surface area contributed by atoms with Crippen LogP contribution < -0.4 is 16.1 Å². The molecule has 0 spiro atoms. The van der Waals surface area contributed by atoms with Crippen LogP contribution in [-0.2, 0) is 27.2 Å². The van der Waals surface area contributed by atoms with E-state index in [4.69, 9.17) is 4.74 Å². The van der Waals surface area contributed by atoms with Crippen molar-refractivity contribution in [3.8, 4) is 0 Å². The molecular weight excluding hydrogens is 457 g/mol. The fourth-order valence-corrected chi connectivity index (χ4v) is 4.19. The normalized spacial score (nSPS) is 18.7. The van der Waals surface area contributed by atoms with Crippen LogP contribution in [0.15, 0.2) is 48.5 Å². The van der Waals surface area contributed by atoms with Crippen molar-refractivity contribution in [1.82, 2.24) is 16.1 Å². The molecule has 0 saturated heterocycles. The second-order valence-corrected chi connectivity index (χ2v) is 9.61. The van der Waals surface area contributed by atoms with E-state index in [2.05, 4.69) is 10.6 Å². The van der Waals surface area contributed by atoms with Crippen LogP contribution in [-0.4, -0.2) is 45.5 Å². The first-order chi connectivity index (χ1) is 16.4. The number of carbonyl (C=O) groups is 3. The number of aliphatic hydroxyl groups excluding tert-OH is 1. The highest BCUT2D eigenvalue weighted by atomic mass is 19.1. The SMILES string of the molecule is CC(C)(C)OC(=O)N[C@](CC(=O)N[C@H]1c2ccccc2C[C@H]1O)(Cc1ccccc1F)C(=O)NO. The molecule has 0 bridgehead atoms. The number of carbonyl (C=O) groups excluding carboxylic acids is 3. The van der Waals surface area contributed by atoms with Crippen LogP contribution in [0.4, 0.5) is 9.18 Å². The number of hydrogen-bond donors (Lipinski definition) is 5. The lowest BCUT2D eigenvalue weighted by molar-refractivity contribution is -0.140. The predicted molar refractivity (Wildman–Crippen MR) is 124 cm³/mol. The van der Waals surface area contributed by atoms with Gasteiger partial charge in [-0.1, -0.05) is 42.5 Å². The summed E-state index contributed by atoms with van der Waals surface area (Å²) in [5.41, 5.74) is 0.0914. The molecule has 2 aromatic carbocycles. The first-order valence-corrected chi connectivity index (χ1v) is 11.2. The molecule has 0 saturated carbocycles. The smallest absolute Gasteiger partial charge is 0.408 e. The zero-order valence-corrected chi connectivity index (χ0v) is 19.8. The van der Waals surface area contributed by atoms with E-state index in [9.17, 15) is 29.1 Å². The minimum atomic E-state index is -2.10. The van der Waals surface area contributed by atoms with Gasteiger partial charge in [-0.3, -0.25) is 14.8 Å². The predicted octanol–water partition coefficient (Wildman–Crippen LogP) is 2.30. The van der Waals surface area contributed by atoms with Gasteiger partial charge in [0.05, 0.1) is 18.6 Å². The van der Waals surface area contributed by atoms with Crippen LogP contribution in [0, 0.1) is 5.82 Å². The van der Waals surface area contributed by atoms with E-state index in [0.717, 1.165) is 11.1 Å². The van der Waals surface area contributed by atoms with Crippen LogP contribution in [0.25, 0.3) is 0 Å². The topological polar surface area (TPSA) is 137 Å². The summed E-state index contributed by atoms with van der Waals surface area (Å²) < 4.78 is 19.8. The second kappa shape index (κ2) is 10.4. The van der Waals surface area contributed by atoms with Crippen molar-refractivity contribution in [1.29, 1.82) is 0 Å². The summed E-state index contributed by atoms with van der Waals surface area (Å²) in [5, 5.41) is 25.0. The Kier molecular flexibility index (Phi) is 7.76. The maximum atomic E-state index is 14.5. The van der Waals surface area contributed by atoms with Crippen LogP contribution >= 0.6 is 0 Å². The van der Waals surface area contributed by atoms with Crippen LogP contribution in [0.3, 0.4) is 0 Å². The van der Waals surface area contributed by atoms with Gasteiger partial charge in [0, 0.05) is 12.8 Å². The molecular formula is C25H30FN3O6.